The predicted molar refractivity (Wildman–Crippen MR) is 79.7 cm³/mol. The van der Waals surface area contributed by atoms with E-state index in [0.29, 0.717) is 5.69 Å². The Bertz CT molecular complexity index is 544. The van der Waals surface area contributed by atoms with Crippen LogP contribution in [-0.4, -0.2) is 30.1 Å². The van der Waals surface area contributed by atoms with Gasteiger partial charge in [-0.25, -0.2) is 4.79 Å². The zero-order valence-electron chi connectivity index (χ0n) is 12.4. The van der Waals surface area contributed by atoms with Gasteiger partial charge in [-0.15, -0.1) is 0 Å². The molecule has 114 valence electrons. The van der Waals surface area contributed by atoms with E-state index in [1.54, 1.807) is 19.1 Å². The minimum Gasteiger partial charge on any atom is -0.462 e. The molecule has 0 radical (unpaired) electrons. The molecule has 1 saturated heterocycles. The quantitative estimate of drug-likeness (QED) is 0.484. The van der Waals surface area contributed by atoms with E-state index in [9.17, 15) is 14.9 Å². The summed E-state index contributed by atoms with van der Waals surface area (Å²) in [6.45, 7) is 4.83. The van der Waals surface area contributed by atoms with Gasteiger partial charge in [-0.05, 0) is 45.2 Å². The van der Waals surface area contributed by atoms with Crippen molar-refractivity contribution in [2.45, 2.75) is 39.2 Å². The Balaban J connectivity index is 2.37. The van der Waals surface area contributed by atoms with E-state index in [-0.39, 0.29) is 23.9 Å². The number of carbonyl (C=O) groups is 1. The molecule has 0 unspecified atom stereocenters. The van der Waals surface area contributed by atoms with Crippen LogP contribution in [0.1, 0.15) is 43.5 Å². The van der Waals surface area contributed by atoms with Crippen molar-refractivity contribution in [2.75, 3.05) is 18.1 Å². The van der Waals surface area contributed by atoms with Crippen molar-refractivity contribution in [1.29, 1.82) is 0 Å². The molecule has 1 heterocycles. The number of piperidine rings is 1. The molecule has 0 aliphatic carbocycles. The van der Waals surface area contributed by atoms with Gasteiger partial charge in [0.05, 0.1) is 17.1 Å². The molecule has 6 heteroatoms. The van der Waals surface area contributed by atoms with Crippen LogP contribution in [0.2, 0.25) is 0 Å². The number of ether oxygens (including phenoxy) is 1. The second-order valence-corrected chi connectivity index (χ2v) is 5.22. The van der Waals surface area contributed by atoms with E-state index >= 15 is 0 Å². The van der Waals surface area contributed by atoms with Crippen molar-refractivity contribution in [3.63, 3.8) is 0 Å². The van der Waals surface area contributed by atoms with Crippen molar-refractivity contribution in [3.8, 4) is 0 Å². The number of nitro benzene ring substituents is 1. The maximum Gasteiger partial charge on any atom is 0.338 e. The van der Waals surface area contributed by atoms with Crippen LogP contribution in [0.5, 0.6) is 0 Å². The van der Waals surface area contributed by atoms with E-state index in [4.69, 9.17) is 4.74 Å². The standard InChI is InChI=1S/C15H20N2O4/c1-3-21-15(18)12-7-8-13(14(10-12)17(19)20)16-9-5-4-6-11(16)2/h7-8,10-11H,3-6,9H2,1-2H3/t11-/m1/s1. The minimum atomic E-state index is -0.529. The topological polar surface area (TPSA) is 72.7 Å². The van der Waals surface area contributed by atoms with Crippen LogP contribution in [0.3, 0.4) is 0 Å². The van der Waals surface area contributed by atoms with Gasteiger partial charge in [0.2, 0.25) is 0 Å². The van der Waals surface area contributed by atoms with E-state index in [1.165, 1.54) is 6.07 Å². The van der Waals surface area contributed by atoms with Crippen LogP contribution in [0, 0.1) is 10.1 Å². The highest BCUT2D eigenvalue weighted by molar-refractivity contribution is 5.91. The molecular formula is C15H20N2O4. The summed E-state index contributed by atoms with van der Waals surface area (Å²) in [7, 11) is 0. The summed E-state index contributed by atoms with van der Waals surface area (Å²) in [5.41, 5.74) is 0.770. The third kappa shape index (κ3) is 3.32. The monoisotopic (exact) mass is 292 g/mol. The fraction of sp³-hybridized carbons (Fsp3) is 0.533. The summed E-state index contributed by atoms with van der Waals surface area (Å²) in [6, 6.07) is 4.84. The molecule has 1 aromatic carbocycles. The Hall–Kier alpha value is -2.11. The van der Waals surface area contributed by atoms with Crippen LogP contribution >= 0.6 is 0 Å². The van der Waals surface area contributed by atoms with Crippen LogP contribution in [0.15, 0.2) is 18.2 Å². The molecule has 0 bridgehead atoms. The SMILES string of the molecule is CCOC(=O)c1ccc(N2CCCC[C@H]2C)c([N+](=O)[O-])c1. The summed E-state index contributed by atoms with van der Waals surface area (Å²) in [4.78, 5) is 24.7. The number of nitrogens with zero attached hydrogens (tertiary/aromatic N) is 2. The molecule has 0 spiro atoms. The first-order valence-electron chi connectivity index (χ1n) is 7.26. The number of nitro groups is 1. The van der Waals surface area contributed by atoms with Gasteiger partial charge in [0.25, 0.3) is 5.69 Å². The third-order valence-corrected chi connectivity index (χ3v) is 3.80. The van der Waals surface area contributed by atoms with Crippen molar-refractivity contribution in [3.05, 3.63) is 33.9 Å². The fourth-order valence-electron chi connectivity index (χ4n) is 2.71. The Morgan fingerprint density at radius 2 is 2.24 bits per heavy atom. The van der Waals surface area contributed by atoms with Crippen LogP contribution in [0.25, 0.3) is 0 Å². The van der Waals surface area contributed by atoms with E-state index in [0.717, 1.165) is 25.8 Å². The lowest BCUT2D eigenvalue weighted by Gasteiger charge is -2.35. The zero-order valence-corrected chi connectivity index (χ0v) is 12.4. The normalized spacial score (nSPS) is 18.4. The van der Waals surface area contributed by atoms with Gasteiger partial charge in [0, 0.05) is 18.7 Å². The van der Waals surface area contributed by atoms with E-state index in [2.05, 4.69) is 11.8 Å². The molecule has 1 aromatic rings. The molecular weight excluding hydrogens is 272 g/mol. The summed E-state index contributed by atoms with van der Waals surface area (Å²) >= 11 is 0. The lowest BCUT2D eigenvalue weighted by Crippen LogP contribution is -2.37. The molecule has 0 aromatic heterocycles. The molecule has 1 aliphatic rings. The summed E-state index contributed by atoms with van der Waals surface area (Å²) in [5.74, 6) is -0.529. The van der Waals surface area contributed by atoms with Gasteiger partial charge in [-0.1, -0.05) is 0 Å². The van der Waals surface area contributed by atoms with Gasteiger partial charge in [0.15, 0.2) is 0 Å². The number of benzene rings is 1. The average Bonchev–Trinajstić information content (AvgIpc) is 2.47. The number of carbonyl (C=O) groups excluding carboxylic acids is 1. The lowest BCUT2D eigenvalue weighted by molar-refractivity contribution is -0.384. The number of hydrogen-bond acceptors (Lipinski definition) is 5. The third-order valence-electron chi connectivity index (χ3n) is 3.80. The molecule has 2 rings (SSSR count). The maximum atomic E-state index is 11.7. The second-order valence-electron chi connectivity index (χ2n) is 5.22. The molecule has 1 atom stereocenters. The first-order valence-corrected chi connectivity index (χ1v) is 7.26. The summed E-state index contributed by atoms with van der Waals surface area (Å²) in [6.07, 6.45) is 3.20. The highest BCUT2D eigenvalue weighted by Gasteiger charge is 2.26. The minimum absolute atomic E-state index is 0.0331. The van der Waals surface area contributed by atoms with E-state index < -0.39 is 10.9 Å². The van der Waals surface area contributed by atoms with Gasteiger partial charge in [-0.3, -0.25) is 10.1 Å². The number of hydrogen-bond donors (Lipinski definition) is 0. The maximum absolute atomic E-state index is 11.7. The first-order chi connectivity index (χ1) is 10.0. The Morgan fingerprint density at radius 1 is 1.48 bits per heavy atom. The highest BCUT2D eigenvalue weighted by Crippen LogP contribution is 2.33. The van der Waals surface area contributed by atoms with Crippen molar-refractivity contribution >= 4 is 17.3 Å². The molecule has 1 fully saturated rings. The second kappa shape index (κ2) is 6.56. The lowest BCUT2D eigenvalue weighted by atomic mass is 10.0. The molecule has 6 nitrogen and oxygen atoms in total. The highest BCUT2D eigenvalue weighted by atomic mass is 16.6. The molecule has 0 saturated carbocycles. The van der Waals surface area contributed by atoms with Crippen molar-refractivity contribution in [2.24, 2.45) is 0 Å². The average molecular weight is 292 g/mol. The molecule has 0 N–H and O–H groups in total. The van der Waals surface area contributed by atoms with Gasteiger partial charge < -0.3 is 9.64 Å². The van der Waals surface area contributed by atoms with Crippen LogP contribution in [-0.2, 0) is 4.74 Å². The van der Waals surface area contributed by atoms with E-state index in [1.807, 2.05) is 0 Å². The van der Waals surface area contributed by atoms with Gasteiger partial charge in [-0.2, -0.15) is 0 Å². The van der Waals surface area contributed by atoms with Crippen molar-refractivity contribution < 1.29 is 14.5 Å². The largest absolute Gasteiger partial charge is 0.462 e. The summed E-state index contributed by atoms with van der Waals surface area (Å²) < 4.78 is 4.89. The Morgan fingerprint density at radius 3 is 2.86 bits per heavy atom. The first kappa shape index (κ1) is 15.3. The Labute approximate surface area is 123 Å². The van der Waals surface area contributed by atoms with Gasteiger partial charge >= 0.3 is 5.97 Å². The smallest absolute Gasteiger partial charge is 0.338 e. The molecule has 21 heavy (non-hydrogen) atoms. The fourth-order valence-corrected chi connectivity index (χ4v) is 2.71. The zero-order chi connectivity index (χ0) is 15.4. The summed E-state index contributed by atoms with van der Waals surface area (Å²) in [5, 5.41) is 11.3. The number of anilines is 1. The number of rotatable bonds is 4. The molecule has 1 aliphatic heterocycles. The van der Waals surface area contributed by atoms with Crippen LogP contribution < -0.4 is 4.90 Å². The number of esters is 1. The van der Waals surface area contributed by atoms with Crippen molar-refractivity contribution in [1.82, 2.24) is 0 Å². The Kier molecular flexibility index (Phi) is 4.77. The molecule has 0 amide bonds. The van der Waals surface area contributed by atoms with Gasteiger partial charge in [0.1, 0.15) is 5.69 Å². The predicted octanol–water partition coefficient (Wildman–Crippen LogP) is 3.15. The van der Waals surface area contributed by atoms with Crippen LogP contribution in [0.4, 0.5) is 11.4 Å².